The van der Waals surface area contributed by atoms with Gasteiger partial charge in [-0.2, -0.15) is 4.98 Å². The zero-order valence-electron chi connectivity index (χ0n) is 12.8. The Morgan fingerprint density at radius 2 is 2.08 bits per heavy atom. The van der Waals surface area contributed by atoms with Gasteiger partial charge in [0.25, 0.3) is 5.89 Å². The number of rotatable bonds is 4. The van der Waals surface area contributed by atoms with Crippen molar-refractivity contribution >= 4 is 0 Å². The third-order valence-electron chi connectivity index (χ3n) is 3.52. The van der Waals surface area contributed by atoms with Crippen LogP contribution in [0.15, 0.2) is 65.8 Å². The minimum atomic E-state index is 0.433. The fraction of sp³-hybridized carbons (Fsp3) is 0.0588. The van der Waals surface area contributed by atoms with Crippen molar-refractivity contribution in [3.05, 3.63) is 61.3 Å². The molecule has 0 fully saturated rings. The van der Waals surface area contributed by atoms with Crippen LogP contribution in [0.2, 0.25) is 0 Å². The van der Waals surface area contributed by atoms with Gasteiger partial charge in [-0.05, 0) is 30.3 Å². The first-order valence-corrected chi connectivity index (χ1v) is 7.26. The van der Waals surface area contributed by atoms with Crippen LogP contribution in [0.25, 0.3) is 28.7 Å². The molecule has 0 saturated carbocycles. The minimum Gasteiger partial charge on any atom is -0.497 e. The van der Waals surface area contributed by atoms with E-state index in [1.54, 1.807) is 25.8 Å². The van der Waals surface area contributed by atoms with Crippen LogP contribution < -0.4 is 4.74 Å². The maximum absolute atomic E-state index is 5.35. The van der Waals surface area contributed by atoms with Crippen molar-refractivity contribution in [3.8, 4) is 34.4 Å². The number of nitrogens with zero attached hydrogens (tertiary/aromatic N) is 5. The van der Waals surface area contributed by atoms with Gasteiger partial charge in [-0.1, -0.05) is 11.2 Å². The summed E-state index contributed by atoms with van der Waals surface area (Å²) >= 11 is 0. The first-order valence-electron chi connectivity index (χ1n) is 7.26. The highest BCUT2D eigenvalue weighted by molar-refractivity contribution is 5.60. The molecule has 0 aliphatic rings. The van der Waals surface area contributed by atoms with Crippen LogP contribution in [0, 0.1) is 0 Å². The molecule has 7 heteroatoms. The highest BCUT2D eigenvalue weighted by atomic mass is 16.5. The maximum atomic E-state index is 5.35. The van der Waals surface area contributed by atoms with Gasteiger partial charge in [0.15, 0.2) is 0 Å². The lowest BCUT2D eigenvalue weighted by atomic mass is 10.2. The van der Waals surface area contributed by atoms with Crippen LogP contribution in [-0.4, -0.2) is 31.8 Å². The highest BCUT2D eigenvalue weighted by Gasteiger charge is 2.12. The molecule has 7 nitrogen and oxygen atoms in total. The molecule has 0 saturated heterocycles. The lowest BCUT2D eigenvalue weighted by molar-refractivity contribution is 0.413. The molecule has 4 rings (SSSR count). The molecule has 0 radical (unpaired) electrons. The normalized spacial score (nSPS) is 10.7. The summed E-state index contributed by atoms with van der Waals surface area (Å²) in [5.74, 6) is 2.42. The van der Waals surface area contributed by atoms with E-state index in [0.29, 0.717) is 11.7 Å². The van der Waals surface area contributed by atoms with Crippen LogP contribution in [-0.2, 0) is 0 Å². The second-order valence-corrected chi connectivity index (χ2v) is 5.03. The molecule has 0 unspecified atom stereocenters. The number of aromatic nitrogens is 5. The Morgan fingerprint density at radius 3 is 2.83 bits per heavy atom. The predicted octanol–water partition coefficient (Wildman–Crippen LogP) is 2.99. The summed E-state index contributed by atoms with van der Waals surface area (Å²) in [6.45, 7) is 0. The van der Waals surface area contributed by atoms with Crippen molar-refractivity contribution in [1.29, 1.82) is 0 Å². The fourth-order valence-corrected chi connectivity index (χ4v) is 2.28. The Labute approximate surface area is 137 Å². The Balaban J connectivity index is 1.62. The second-order valence-electron chi connectivity index (χ2n) is 5.03. The Bertz CT molecular complexity index is 945. The number of pyridine rings is 1. The molecule has 0 spiro atoms. The van der Waals surface area contributed by atoms with Gasteiger partial charge >= 0.3 is 0 Å². The topological polar surface area (TPSA) is 78.9 Å². The zero-order chi connectivity index (χ0) is 16.4. The summed E-state index contributed by atoms with van der Waals surface area (Å²) in [5, 5.41) is 4.02. The van der Waals surface area contributed by atoms with E-state index in [1.807, 2.05) is 47.2 Å². The van der Waals surface area contributed by atoms with E-state index >= 15 is 0 Å². The standard InChI is InChI=1S/C17H13N5O2/c1-23-14-4-2-3-12(9-14)17-20-16(21-24-17)13-5-6-15(19-10-13)22-8-7-18-11-22/h2-11H,1H3. The molecule has 3 heterocycles. The van der Waals surface area contributed by atoms with Crippen molar-refractivity contribution in [2.75, 3.05) is 7.11 Å². The van der Waals surface area contributed by atoms with Gasteiger partial charge in [-0.25, -0.2) is 9.97 Å². The van der Waals surface area contributed by atoms with E-state index in [9.17, 15) is 0 Å². The summed E-state index contributed by atoms with van der Waals surface area (Å²) in [4.78, 5) is 12.8. The number of methoxy groups -OCH3 is 1. The van der Waals surface area contributed by atoms with Gasteiger partial charge < -0.3 is 9.26 Å². The van der Waals surface area contributed by atoms with Gasteiger partial charge in [-0.15, -0.1) is 0 Å². The molecule has 0 bridgehead atoms. The summed E-state index contributed by atoms with van der Waals surface area (Å²) in [6, 6.07) is 11.2. The van der Waals surface area contributed by atoms with Crippen LogP contribution in [0.5, 0.6) is 5.75 Å². The summed E-state index contributed by atoms with van der Waals surface area (Å²) in [5.41, 5.74) is 1.58. The van der Waals surface area contributed by atoms with Gasteiger partial charge in [0.1, 0.15) is 17.9 Å². The molecule has 1 aromatic carbocycles. The van der Waals surface area contributed by atoms with E-state index in [1.165, 1.54) is 0 Å². The van der Waals surface area contributed by atoms with Crippen molar-refractivity contribution in [3.63, 3.8) is 0 Å². The van der Waals surface area contributed by atoms with E-state index in [-0.39, 0.29) is 0 Å². The summed E-state index contributed by atoms with van der Waals surface area (Å²) in [6.07, 6.45) is 6.93. The molecule has 0 aliphatic carbocycles. The van der Waals surface area contributed by atoms with Crippen molar-refractivity contribution in [2.45, 2.75) is 0 Å². The molecular formula is C17H13N5O2. The quantitative estimate of drug-likeness (QED) is 0.575. The van der Waals surface area contributed by atoms with Crippen molar-refractivity contribution in [1.82, 2.24) is 24.7 Å². The number of hydrogen-bond donors (Lipinski definition) is 0. The molecule has 0 aliphatic heterocycles. The molecule has 0 amide bonds. The molecule has 0 atom stereocenters. The lowest BCUT2D eigenvalue weighted by Crippen LogP contribution is -1.94. The molecule has 4 aromatic rings. The Morgan fingerprint density at radius 1 is 1.12 bits per heavy atom. The first-order chi connectivity index (χ1) is 11.8. The summed E-state index contributed by atoms with van der Waals surface area (Å²) in [7, 11) is 1.62. The Kier molecular flexibility index (Phi) is 3.51. The number of benzene rings is 1. The van der Waals surface area contributed by atoms with E-state index in [2.05, 4.69) is 20.1 Å². The van der Waals surface area contributed by atoms with Gasteiger partial charge in [-0.3, -0.25) is 4.57 Å². The maximum Gasteiger partial charge on any atom is 0.258 e. The van der Waals surface area contributed by atoms with Crippen LogP contribution in [0.4, 0.5) is 0 Å². The third kappa shape index (κ3) is 2.63. The average Bonchev–Trinajstić information content (AvgIpc) is 3.34. The number of hydrogen-bond acceptors (Lipinski definition) is 6. The fourth-order valence-electron chi connectivity index (χ4n) is 2.28. The average molecular weight is 319 g/mol. The van der Waals surface area contributed by atoms with Crippen LogP contribution in [0.3, 0.4) is 0 Å². The van der Waals surface area contributed by atoms with Crippen molar-refractivity contribution in [2.24, 2.45) is 0 Å². The monoisotopic (exact) mass is 319 g/mol. The number of imidazole rings is 1. The third-order valence-corrected chi connectivity index (χ3v) is 3.52. The zero-order valence-corrected chi connectivity index (χ0v) is 12.8. The number of ether oxygens (including phenoxy) is 1. The minimum absolute atomic E-state index is 0.433. The van der Waals surface area contributed by atoms with Crippen LogP contribution >= 0.6 is 0 Å². The van der Waals surface area contributed by atoms with Gasteiger partial charge in [0, 0.05) is 29.7 Å². The predicted molar refractivity (Wildman–Crippen MR) is 86.6 cm³/mol. The molecular weight excluding hydrogens is 306 g/mol. The summed E-state index contributed by atoms with van der Waals surface area (Å²) < 4.78 is 12.4. The SMILES string of the molecule is COc1cccc(-c2nc(-c3ccc(-n4ccnc4)nc3)no2)c1. The van der Waals surface area contributed by atoms with E-state index in [4.69, 9.17) is 9.26 Å². The molecule has 3 aromatic heterocycles. The Hall–Kier alpha value is -3.48. The molecule has 0 N–H and O–H groups in total. The lowest BCUT2D eigenvalue weighted by Gasteiger charge is -2.01. The molecule has 118 valence electrons. The molecule has 24 heavy (non-hydrogen) atoms. The first kappa shape index (κ1) is 14.1. The van der Waals surface area contributed by atoms with Gasteiger partial charge in [0.2, 0.25) is 5.82 Å². The second kappa shape index (κ2) is 5.96. The largest absolute Gasteiger partial charge is 0.497 e. The highest BCUT2D eigenvalue weighted by Crippen LogP contribution is 2.25. The van der Waals surface area contributed by atoms with Gasteiger partial charge in [0.05, 0.1) is 7.11 Å². The smallest absolute Gasteiger partial charge is 0.258 e. The van der Waals surface area contributed by atoms with E-state index < -0.39 is 0 Å². The van der Waals surface area contributed by atoms with Crippen molar-refractivity contribution < 1.29 is 9.26 Å². The van der Waals surface area contributed by atoms with E-state index in [0.717, 1.165) is 22.7 Å². The van der Waals surface area contributed by atoms with Crippen LogP contribution in [0.1, 0.15) is 0 Å².